The lowest BCUT2D eigenvalue weighted by Gasteiger charge is -2.22. The summed E-state index contributed by atoms with van der Waals surface area (Å²) in [5.74, 6) is 1.45. The molecule has 1 N–H and O–H groups in total. The Morgan fingerprint density at radius 1 is 1.22 bits per heavy atom. The van der Waals surface area contributed by atoms with E-state index in [2.05, 4.69) is 28.3 Å². The first-order valence-corrected chi connectivity index (χ1v) is 10.9. The van der Waals surface area contributed by atoms with Gasteiger partial charge in [0.05, 0.1) is 22.5 Å². The fourth-order valence-corrected chi connectivity index (χ4v) is 5.21. The van der Waals surface area contributed by atoms with Crippen LogP contribution in [0.4, 0.5) is 4.39 Å². The topological polar surface area (TPSA) is 87.9 Å². The predicted molar refractivity (Wildman–Crippen MR) is 116 cm³/mol. The Kier molecular flexibility index (Phi) is 5.22. The van der Waals surface area contributed by atoms with E-state index in [1.54, 1.807) is 30.3 Å². The SMILES string of the molecule is CC[C@H](NC(=O)c1ccc(C#N)cc1)C1[C@H]2CC(Oc3ncnc4ccc(F)cc34)C[C@H]12. The first kappa shape index (κ1) is 20.4. The number of carbonyl (C=O) groups excluding carboxylic acids is 1. The third-order valence-electron chi connectivity index (χ3n) is 6.80. The molecule has 2 saturated carbocycles. The van der Waals surface area contributed by atoms with E-state index in [0.717, 1.165) is 19.3 Å². The number of amides is 1. The molecule has 2 aliphatic carbocycles. The van der Waals surface area contributed by atoms with E-state index in [1.807, 2.05) is 0 Å². The highest BCUT2D eigenvalue weighted by molar-refractivity contribution is 5.94. The number of hydrogen-bond donors (Lipinski definition) is 1. The molecule has 5 rings (SSSR count). The molecule has 0 saturated heterocycles. The number of carbonyl (C=O) groups is 1. The Hall–Kier alpha value is -3.53. The molecule has 2 aliphatic rings. The van der Waals surface area contributed by atoms with Gasteiger partial charge in [0.2, 0.25) is 5.88 Å². The molecule has 1 aromatic heterocycles. The fourth-order valence-electron chi connectivity index (χ4n) is 5.21. The third kappa shape index (κ3) is 3.77. The van der Waals surface area contributed by atoms with Crippen molar-refractivity contribution in [2.24, 2.45) is 17.8 Å². The van der Waals surface area contributed by atoms with E-state index in [4.69, 9.17) is 10.00 Å². The zero-order valence-corrected chi connectivity index (χ0v) is 17.7. The van der Waals surface area contributed by atoms with Gasteiger partial charge in [-0.1, -0.05) is 6.92 Å². The molecular weight excluding hydrogens is 407 g/mol. The first-order chi connectivity index (χ1) is 15.6. The number of benzene rings is 2. The molecule has 0 unspecified atom stereocenters. The van der Waals surface area contributed by atoms with E-state index in [0.29, 0.717) is 45.7 Å². The van der Waals surface area contributed by atoms with E-state index < -0.39 is 0 Å². The summed E-state index contributed by atoms with van der Waals surface area (Å²) in [5.41, 5.74) is 1.77. The van der Waals surface area contributed by atoms with Gasteiger partial charge in [-0.25, -0.2) is 14.4 Å². The molecule has 2 aromatic carbocycles. The summed E-state index contributed by atoms with van der Waals surface area (Å²) in [6.45, 7) is 2.09. The van der Waals surface area contributed by atoms with Crippen LogP contribution in [0.25, 0.3) is 10.9 Å². The molecule has 0 spiro atoms. The van der Waals surface area contributed by atoms with Crippen molar-refractivity contribution in [3.63, 3.8) is 0 Å². The highest BCUT2D eigenvalue weighted by atomic mass is 19.1. The smallest absolute Gasteiger partial charge is 0.251 e. The molecule has 0 bridgehead atoms. The van der Waals surface area contributed by atoms with E-state index >= 15 is 0 Å². The molecule has 6 nitrogen and oxygen atoms in total. The van der Waals surface area contributed by atoms with Crippen LogP contribution in [-0.2, 0) is 0 Å². The predicted octanol–water partition coefficient (Wildman–Crippen LogP) is 4.25. The second-order valence-corrected chi connectivity index (χ2v) is 8.63. The van der Waals surface area contributed by atoms with E-state index in [-0.39, 0.29) is 23.9 Å². The summed E-state index contributed by atoms with van der Waals surface area (Å²) in [4.78, 5) is 21.1. The van der Waals surface area contributed by atoms with Gasteiger partial charge in [0, 0.05) is 11.6 Å². The molecule has 162 valence electrons. The molecule has 3 atom stereocenters. The van der Waals surface area contributed by atoms with Gasteiger partial charge in [-0.15, -0.1) is 0 Å². The highest BCUT2D eigenvalue weighted by Crippen LogP contribution is 2.60. The number of rotatable bonds is 6. The minimum absolute atomic E-state index is 0.0364. The standard InChI is InChI=1S/C25H23FN4O2/c1-2-21(30-24(31)15-5-3-14(12-27)4-6-15)23-18-10-17(11-19(18)23)32-25-20-9-16(26)7-8-22(20)28-13-29-25/h3-9,13,17-19,21,23H,2,10-11H2,1H3,(H,30,31)/t17?,18-,19-,21-,23?/m0/s1. The summed E-state index contributed by atoms with van der Waals surface area (Å²) < 4.78 is 19.8. The van der Waals surface area contributed by atoms with Crippen LogP contribution >= 0.6 is 0 Å². The van der Waals surface area contributed by atoms with Crippen LogP contribution in [0, 0.1) is 34.9 Å². The number of ether oxygens (including phenoxy) is 1. The molecule has 32 heavy (non-hydrogen) atoms. The molecule has 7 heteroatoms. The van der Waals surface area contributed by atoms with Gasteiger partial charge in [-0.05, 0) is 79.5 Å². The maximum absolute atomic E-state index is 13.7. The minimum Gasteiger partial charge on any atom is -0.474 e. The van der Waals surface area contributed by atoms with Gasteiger partial charge in [0.25, 0.3) is 5.91 Å². The Labute approximate surface area is 185 Å². The van der Waals surface area contributed by atoms with Crippen molar-refractivity contribution in [2.45, 2.75) is 38.3 Å². The average molecular weight is 430 g/mol. The van der Waals surface area contributed by atoms with Gasteiger partial charge in [-0.3, -0.25) is 4.79 Å². The number of nitrogens with zero attached hydrogens (tertiary/aromatic N) is 3. The summed E-state index contributed by atoms with van der Waals surface area (Å²) in [6.07, 6.45) is 4.15. The average Bonchev–Trinajstić information content (AvgIpc) is 3.31. The van der Waals surface area contributed by atoms with E-state index in [1.165, 1.54) is 18.5 Å². The Morgan fingerprint density at radius 3 is 2.66 bits per heavy atom. The maximum atomic E-state index is 13.7. The number of nitriles is 1. The highest BCUT2D eigenvalue weighted by Gasteiger charge is 2.59. The minimum atomic E-state index is -0.338. The van der Waals surface area contributed by atoms with Crippen LogP contribution in [0.1, 0.15) is 42.1 Å². The molecule has 3 aromatic rings. The number of nitrogens with one attached hydrogen (secondary N) is 1. The molecule has 2 fully saturated rings. The normalized spacial score (nSPS) is 22.7. The van der Waals surface area contributed by atoms with Crippen LogP contribution in [0.3, 0.4) is 0 Å². The zero-order chi connectivity index (χ0) is 22.2. The second-order valence-electron chi connectivity index (χ2n) is 8.63. The van der Waals surface area contributed by atoms with Crippen LogP contribution in [0.2, 0.25) is 0 Å². The van der Waals surface area contributed by atoms with Crippen LogP contribution in [-0.4, -0.2) is 28.0 Å². The summed E-state index contributed by atoms with van der Waals surface area (Å²) in [6, 6.07) is 13.3. The Morgan fingerprint density at radius 2 is 1.97 bits per heavy atom. The van der Waals surface area contributed by atoms with Crippen molar-refractivity contribution >= 4 is 16.8 Å². The van der Waals surface area contributed by atoms with Gasteiger partial charge in [0.1, 0.15) is 18.2 Å². The maximum Gasteiger partial charge on any atom is 0.251 e. The van der Waals surface area contributed by atoms with Gasteiger partial charge < -0.3 is 10.1 Å². The lowest BCUT2D eigenvalue weighted by atomic mass is 10.00. The van der Waals surface area contributed by atoms with Gasteiger partial charge >= 0.3 is 0 Å². The monoisotopic (exact) mass is 430 g/mol. The molecule has 0 aliphatic heterocycles. The third-order valence-corrected chi connectivity index (χ3v) is 6.80. The molecule has 1 amide bonds. The van der Waals surface area contributed by atoms with Crippen molar-refractivity contribution in [1.82, 2.24) is 15.3 Å². The van der Waals surface area contributed by atoms with Gasteiger partial charge in [0.15, 0.2) is 0 Å². The second kappa shape index (κ2) is 8.19. The van der Waals surface area contributed by atoms with Crippen molar-refractivity contribution in [3.05, 3.63) is 65.7 Å². The van der Waals surface area contributed by atoms with Crippen LogP contribution in [0.5, 0.6) is 5.88 Å². The number of hydrogen-bond acceptors (Lipinski definition) is 5. The van der Waals surface area contributed by atoms with Crippen LogP contribution < -0.4 is 10.1 Å². The number of fused-ring (bicyclic) bond motifs is 2. The van der Waals surface area contributed by atoms with Crippen LogP contribution in [0.15, 0.2) is 48.8 Å². The Bertz CT molecular complexity index is 1190. The largest absolute Gasteiger partial charge is 0.474 e. The summed E-state index contributed by atoms with van der Waals surface area (Å²) >= 11 is 0. The fraction of sp³-hybridized carbons (Fsp3) is 0.360. The summed E-state index contributed by atoms with van der Waals surface area (Å²) in [5, 5.41) is 12.7. The van der Waals surface area contributed by atoms with Crippen molar-refractivity contribution < 1.29 is 13.9 Å². The lowest BCUT2D eigenvalue weighted by molar-refractivity contribution is 0.0924. The quantitative estimate of drug-likeness (QED) is 0.632. The zero-order valence-electron chi connectivity index (χ0n) is 17.7. The molecule has 0 radical (unpaired) electrons. The van der Waals surface area contributed by atoms with Crippen molar-refractivity contribution in [1.29, 1.82) is 5.26 Å². The van der Waals surface area contributed by atoms with Crippen molar-refractivity contribution in [2.75, 3.05) is 0 Å². The van der Waals surface area contributed by atoms with Gasteiger partial charge in [-0.2, -0.15) is 5.26 Å². The first-order valence-electron chi connectivity index (χ1n) is 10.9. The summed E-state index contributed by atoms with van der Waals surface area (Å²) in [7, 11) is 0. The van der Waals surface area contributed by atoms with Crippen molar-refractivity contribution in [3.8, 4) is 11.9 Å². The number of halogens is 1. The number of aromatic nitrogens is 2. The van der Waals surface area contributed by atoms with E-state index in [9.17, 15) is 9.18 Å². The Balaban J connectivity index is 1.20. The molecule has 1 heterocycles. The molecular formula is C25H23FN4O2. The lowest BCUT2D eigenvalue weighted by Crippen LogP contribution is -2.37.